The van der Waals surface area contributed by atoms with Crippen LogP contribution in [-0.4, -0.2) is 45.7 Å². The Kier molecular flexibility index (Phi) is 7.89. The summed E-state index contributed by atoms with van der Waals surface area (Å²) >= 11 is 0. The van der Waals surface area contributed by atoms with E-state index in [9.17, 15) is 4.79 Å². The Labute approximate surface area is 126 Å². The molecule has 0 saturated heterocycles. The molecule has 0 bridgehead atoms. The molecule has 0 atom stereocenters. The van der Waals surface area contributed by atoms with Crippen molar-refractivity contribution in [3.8, 4) is 0 Å². The molecule has 116 valence electrons. The zero-order valence-corrected chi connectivity index (χ0v) is 12.9. The third kappa shape index (κ3) is 6.27. The molecule has 0 aliphatic heterocycles. The van der Waals surface area contributed by atoms with Crippen LogP contribution in [-0.2, 0) is 11.3 Å². The largest absolute Gasteiger partial charge is 0.383 e. The summed E-state index contributed by atoms with van der Waals surface area (Å²) in [6.45, 7) is 4.43. The van der Waals surface area contributed by atoms with E-state index in [1.165, 1.54) is 0 Å². The topological polar surface area (TPSA) is 74.8 Å². The lowest BCUT2D eigenvalue weighted by atomic mass is 10.1. The molecule has 6 nitrogen and oxygen atoms in total. The van der Waals surface area contributed by atoms with Gasteiger partial charge in [0.05, 0.1) is 6.61 Å². The van der Waals surface area contributed by atoms with Gasteiger partial charge in [-0.15, -0.1) is 0 Å². The number of rotatable bonds is 7. The summed E-state index contributed by atoms with van der Waals surface area (Å²) in [6.07, 6.45) is 0. The number of benzene rings is 1. The second-order valence-corrected chi connectivity index (χ2v) is 4.41. The molecule has 0 aromatic heterocycles. The summed E-state index contributed by atoms with van der Waals surface area (Å²) in [5, 5.41) is 9.12. The monoisotopic (exact) mass is 292 g/mol. The van der Waals surface area contributed by atoms with Crippen LogP contribution in [0.1, 0.15) is 22.8 Å². The van der Waals surface area contributed by atoms with Crippen LogP contribution in [0, 0.1) is 0 Å². The number of nitrogens with one attached hydrogen (secondary N) is 3. The van der Waals surface area contributed by atoms with Crippen LogP contribution in [0.4, 0.5) is 0 Å². The van der Waals surface area contributed by atoms with Gasteiger partial charge in [0.1, 0.15) is 0 Å². The Bertz CT molecular complexity index is 474. The summed E-state index contributed by atoms with van der Waals surface area (Å²) in [7, 11) is 3.37. The fraction of sp³-hybridized carbons (Fsp3) is 0.467. The van der Waals surface area contributed by atoms with Crippen molar-refractivity contribution in [2.45, 2.75) is 13.5 Å². The number of amides is 1. The number of hydrogen-bond acceptors (Lipinski definition) is 3. The van der Waals surface area contributed by atoms with Gasteiger partial charge in [-0.1, -0.05) is 12.1 Å². The lowest BCUT2D eigenvalue weighted by Gasteiger charge is -2.12. The molecule has 0 spiro atoms. The van der Waals surface area contributed by atoms with Gasteiger partial charge in [0, 0.05) is 39.4 Å². The SMILES string of the molecule is CCNC(=O)c1cccc(CNC(=NC)NCCOC)c1. The number of nitrogens with zero attached hydrogens (tertiary/aromatic N) is 1. The van der Waals surface area contributed by atoms with E-state index in [1.807, 2.05) is 25.1 Å². The normalized spacial score (nSPS) is 11.1. The molecule has 0 saturated carbocycles. The van der Waals surface area contributed by atoms with Crippen molar-refractivity contribution in [2.75, 3.05) is 33.9 Å². The van der Waals surface area contributed by atoms with Crippen molar-refractivity contribution < 1.29 is 9.53 Å². The number of carbonyl (C=O) groups excluding carboxylic acids is 1. The molecule has 1 amide bonds. The fourth-order valence-electron chi connectivity index (χ4n) is 1.76. The molecule has 0 fully saturated rings. The molecule has 21 heavy (non-hydrogen) atoms. The predicted molar refractivity (Wildman–Crippen MR) is 84.5 cm³/mol. The standard InChI is InChI=1S/C15H24N4O2/c1-4-17-14(20)13-7-5-6-12(10-13)11-19-15(16-2)18-8-9-21-3/h5-7,10H,4,8-9,11H2,1-3H3,(H,17,20)(H2,16,18,19). The van der Waals surface area contributed by atoms with Crippen LogP contribution < -0.4 is 16.0 Å². The Hall–Kier alpha value is -2.08. The van der Waals surface area contributed by atoms with Crippen molar-refractivity contribution in [3.05, 3.63) is 35.4 Å². The number of hydrogen-bond donors (Lipinski definition) is 3. The van der Waals surface area contributed by atoms with Gasteiger partial charge in [-0.2, -0.15) is 0 Å². The van der Waals surface area contributed by atoms with Gasteiger partial charge in [0.2, 0.25) is 0 Å². The molecule has 3 N–H and O–H groups in total. The van der Waals surface area contributed by atoms with E-state index in [-0.39, 0.29) is 5.91 Å². The Morgan fingerprint density at radius 1 is 1.29 bits per heavy atom. The van der Waals surface area contributed by atoms with E-state index < -0.39 is 0 Å². The van der Waals surface area contributed by atoms with Crippen molar-refractivity contribution in [1.29, 1.82) is 0 Å². The van der Waals surface area contributed by atoms with Gasteiger partial charge in [-0.05, 0) is 24.6 Å². The maximum Gasteiger partial charge on any atom is 0.251 e. The van der Waals surface area contributed by atoms with E-state index >= 15 is 0 Å². The number of ether oxygens (including phenoxy) is 1. The Morgan fingerprint density at radius 2 is 2.10 bits per heavy atom. The molecule has 0 unspecified atom stereocenters. The van der Waals surface area contributed by atoms with E-state index in [0.717, 1.165) is 5.56 Å². The van der Waals surface area contributed by atoms with Gasteiger partial charge in [-0.25, -0.2) is 0 Å². The zero-order valence-electron chi connectivity index (χ0n) is 12.9. The first kappa shape index (κ1) is 17.0. The summed E-state index contributed by atoms with van der Waals surface area (Å²) in [4.78, 5) is 15.9. The average molecular weight is 292 g/mol. The van der Waals surface area contributed by atoms with Crippen LogP contribution in [0.5, 0.6) is 0 Å². The second-order valence-electron chi connectivity index (χ2n) is 4.41. The van der Waals surface area contributed by atoms with Crippen LogP contribution >= 0.6 is 0 Å². The maximum atomic E-state index is 11.8. The second kappa shape index (κ2) is 9.77. The molecule has 1 rings (SSSR count). The molecular formula is C15H24N4O2. The number of aliphatic imine (C=N–C) groups is 1. The van der Waals surface area contributed by atoms with E-state index in [4.69, 9.17) is 4.74 Å². The Morgan fingerprint density at radius 3 is 2.76 bits per heavy atom. The van der Waals surface area contributed by atoms with Crippen LogP contribution in [0.15, 0.2) is 29.3 Å². The molecular weight excluding hydrogens is 268 g/mol. The van der Waals surface area contributed by atoms with E-state index in [2.05, 4.69) is 20.9 Å². The molecule has 0 radical (unpaired) electrons. The minimum Gasteiger partial charge on any atom is -0.383 e. The first-order valence-electron chi connectivity index (χ1n) is 7.01. The minimum atomic E-state index is -0.0537. The van der Waals surface area contributed by atoms with Gasteiger partial charge in [-0.3, -0.25) is 9.79 Å². The minimum absolute atomic E-state index is 0.0537. The van der Waals surface area contributed by atoms with Crippen LogP contribution in [0.25, 0.3) is 0 Å². The third-order valence-electron chi connectivity index (χ3n) is 2.81. The molecule has 1 aromatic rings. The molecule has 0 aliphatic carbocycles. The summed E-state index contributed by atoms with van der Waals surface area (Å²) < 4.78 is 4.97. The zero-order chi connectivity index (χ0) is 15.5. The van der Waals surface area contributed by atoms with Crippen molar-refractivity contribution in [3.63, 3.8) is 0 Å². The van der Waals surface area contributed by atoms with Gasteiger partial charge >= 0.3 is 0 Å². The average Bonchev–Trinajstić information content (AvgIpc) is 2.51. The summed E-state index contributed by atoms with van der Waals surface area (Å²) in [6, 6.07) is 7.53. The third-order valence-corrected chi connectivity index (χ3v) is 2.81. The first-order chi connectivity index (χ1) is 10.2. The smallest absolute Gasteiger partial charge is 0.251 e. The molecule has 6 heteroatoms. The number of guanidine groups is 1. The summed E-state index contributed by atoms with van der Waals surface area (Å²) in [5.74, 6) is 0.650. The van der Waals surface area contributed by atoms with Gasteiger partial charge in [0.25, 0.3) is 5.91 Å². The molecule has 0 heterocycles. The fourth-order valence-corrected chi connectivity index (χ4v) is 1.76. The van der Waals surface area contributed by atoms with E-state index in [0.29, 0.717) is 37.8 Å². The number of carbonyl (C=O) groups is 1. The highest BCUT2D eigenvalue weighted by atomic mass is 16.5. The lowest BCUT2D eigenvalue weighted by molar-refractivity contribution is 0.0955. The Balaban J connectivity index is 2.54. The van der Waals surface area contributed by atoms with Crippen molar-refractivity contribution >= 4 is 11.9 Å². The highest BCUT2D eigenvalue weighted by Crippen LogP contribution is 2.05. The van der Waals surface area contributed by atoms with E-state index in [1.54, 1.807) is 20.2 Å². The van der Waals surface area contributed by atoms with Crippen molar-refractivity contribution in [1.82, 2.24) is 16.0 Å². The predicted octanol–water partition coefficient (Wildman–Crippen LogP) is 0.748. The highest BCUT2D eigenvalue weighted by molar-refractivity contribution is 5.94. The molecule has 0 aliphatic rings. The number of methoxy groups -OCH3 is 1. The van der Waals surface area contributed by atoms with Gasteiger partial charge < -0.3 is 20.7 Å². The van der Waals surface area contributed by atoms with Crippen LogP contribution in [0.2, 0.25) is 0 Å². The highest BCUT2D eigenvalue weighted by Gasteiger charge is 2.05. The quantitative estimate of drug-likeness (QED) is 0.394. The first-order valence-corrected chi connectivity index (χ1v) is 7.01. The summed E-state index contributed by atoms with van der Waals surface area (Å²) in [5.41, 5.74) is 1.69. The van der Waals surface area contributed by atoms with Crippen LogP contribution in [0.3, 0.4) is 0 Å². The lowest BCUT2D eigenvalue weighted by Crippen LogP contribution is -2.38. The van der Waals surface area contributed by atoms with Crippen molar-refractivity contribution in [2.24, 2.45) is 4.99 Å². The van der Waals surface area contributed by atoms with Gasteiger partial charge in [0.15, 0.2) is 5.96 Å². The maximum absolute atomic E-state index is 11.8. The molecule has 1 aromatic carbocycles.